The van der Waals surface area contributed by atoms with Crippen LogP contribution in [0.5, 0.6) is 0 Å². The number of anilines is 3. The maximum atomic E-state index is 13.4. The summed E-state index contributed by atoms with van der Waals surface area (Å²) in [6.45, 7) is 10.1. The second-order valence-electron chi connectivity index (χ2n) is 7.63. The molecule has 1 amide bonds. The molecular formula is C24H28N6O. The molecule has 1 atom stereocenters. The maximum absolute atomic E-state index is 13.4. The molecule has 7 nitrogen and oxygen atoms in total. The summed E-state index contributed by atoms with van der Waals surface area (Å²) in [5, 5.41) is 10.7. The van der Waals surface area contributed by atoms with E-state index in [0.29, 0.717) is 11.5 Å². The van der Waals surface area contributed by atoms with Crippen LogP contribution < -0.4 is 15.5 Å². The maximum Gasteiger partial charge on any atom is 0.255 e. The number of allylic oxidation sites excluding steroid dienone is 1. The first kappa shape index (κ1) is 20.7. The number of para-hydroxylation sites is 1. The van der Waals surface area contributed by atoms with Crippen LogP contribution in [0, 0.1) is 6.92 Å². The minimum absolute atomic E-state index is 0.154. The first-order chi connectivity index (χ1) is 15.0. The van der Waals surface area contributed by atoms with Crippen molar-refractivity contribution in [3.05, 3.63) is 77.3 Å². The highest BCUT2D eigenvalue weighted by atomic mass is 16.1. The molecule has 1 aromatic heterocycles. The van der Waals surface area contributed by atoms with Crippen molar-refractivity contribution in [1.29, 1.82) is 0 Å². The van der Waals surface area contributed by atoms with Crippen LogP contribution in [0.3, 0.4) is 0 Å². The predicted molar refractivity (Wildman–Crippen MR) is 124 cm³/mol. The highest BCUT2D eigenvalue weighted by Crippen LogP contribution is 2.36. The van der Waals surface area contributed by atoms with Crippen molar-refractivity contribution < 1.29 is 4.79 Å². The average Bonchev–Trinajstić information content (AvgIpc) is 3.23. The first-order valence-corrected chi connectivity index (χ1v) is 10.6. The molecule has 0 fully saturated rings. The molecule has 1 unspecified atom stereocenters. The molecule has 0 saturated heterocycles. The molecular weight excluding hydrogens is 388 g/mol. The highest BCUT2D eigenvalue weighted by Gasteiger charge is 2.33. The van der Waals surface area contributed by atoms with Gasteiger partial charge < -0.3 is 15.5 Å². The minimum Gasteiger partial charge on any atom is -0.372 e. The van der Waals surface area contributed by atoms with Gasteiger partial charge in [-0.1, -0.05) is 30.3 Å². The number of carbonyl (C=O) groups is 1. The van der Waals surface area contributed by atoms with Crippen LogP contribution in [0.1, 0.15) is 37.9 Å². The topological polar surface area (TPSA) is 75.1 Å². The van der Waals surface area contributed by atoms with Gasteiger partial charge in [0.1, 0.15) is 12.4 Å². The zero-order chi connectivity index (χ0) is 22.0. The SMILES string of the molecule is CCN(CC)c1ccc(C2C(C(=O)Nc3ccccc3C)=C(C)Nc3ncnn32)cc1. The lowest BCUT2D eigenvalue weighted by Gasteiger charge is -2.29. The van der Waals surface area contributed by atoms with Crippen molar-refractivity contribution in [2.45, 2.75) is 33.7 Å². The van der Waals surface area contributed by atoms with Gasteiger partial charge in [-0.2, -0.15) is 10.1 Å². The fraction of sp³-hybridized carbons (Fsp3) is 0.292. The normalized spacial score (nSPS) is 15.3. The fourth-order valence-corrected chi connectivity index (χ4v) is 4.05. The number of amides is 1. The number of carbonyl (C=O) groups excluding carboxylic acids is 1. The Labute approximate surface area is 182 Å². The van der Waals surface area contributed by atoms with Gasteiger partial charge in [0.25, 0.3) is 5.91 Å². The summed E-state index contributed by atoms with van der Waals surface area (Å²) in [5.41, 5.74) is 5.35. The summed E-state index contributed by atoms with van der Waals surface area (Å²) in [5.74, 6) is 0.473. The second-order valence-corrected chi connectivity index (χ2v) is 7.63. The van der Waals surface area contributed by atoms with Gasteiger partial charge in [-0.25, -0.2) is 4.68 Å². The lowest BCUT2D eigenvalue weighted by molar-refractivity contribution is -0.113. The molecule has 3 aromatic rings. The Balaban J connectivity index is 1.73. The summed E-state index contributed by atoms with van der Waals surface area (Å²) in [6, 6.07) is 15.8. The molecule has 0 saturated carbocycles. The van der Waals surface area contributed by atoms with Crippen LogP contribution in [0.4, 0.5) is 17.3 Å². The number of rotatable bonds is 6. The van der Waals surface area contributed by atoms with Crippen LogP contribution in [-0.4, -0.2) is 33.8 Å². The number of hydrogen-bond acceptors (Lipinski definition) is 5. The van der Waals surface area contributed by atoms with Crippen LogP contribution in [-0.2, 0) is 4.79 Å². The number of benzene rings is 2. The van der Waals surface area contributed by atoms with Crippen LogP contribution in [0.15, 0.2) is 66.1 Å². The zero-order valence-electron chi connectivity index (χ0n) is 18.4. The third-order valence-corrected chi connectivity index (χ3v) is 5.77. The Morgan fingerprint density at radius 1 is 1.10 bits per heavy atom. The summed E-state index contributed by atoms with van der Waals surface area (Å²) >= 11 is 0. The van der Waals surface area contributed by atoms with Gasteiger partial charge in [0.2, 0.25) is 5.95 Å². The molecule has 1 aliphatic heterocycles. The summed E-state index contributed by atoms with van der Waals surface area (Å²) in [6.07, 6.45) is 1.51. The van der Waals surface area contributed by atoms with Crippen LogP contribution >= 0.6 is 0 Å². The van der Waals surface area contributed by atoms with Gasteiger partial charge in [-0.3, -0.25) is 4.79 Å². The summed E-state index contributed by atoms with van der Waals surface area (Å²) in [7, 11) is 0. The molecule has 1 aliphatic rings. The Kier molecular flexibility index (Phi) is 5.75. The van der Waals surface area contributed by atoms with Gasteiger partial charge in [0, 0.05) is 30.2 Å². The van der Waals surface area contributed by atoms with E-state index in [1.54, 1.807) is 4.68 Å². The van der Waals surface area contributed by atoms with E-state index in [9.17, 15) is 4.79 Å². The van der Waals surface area contributed by atoms with Gasteiger partial charge >= 0.3 is 0 Å². The number of aryl methyl sites for hydroxylation is 1. The standard InChI is InChI=1S/C24H28N6O/c1-5-29(6-2)19-13-11-18(12-14-19)22-21(17(4)27-24-25-15-26-30(22)24)23(31)28-20-10-8-7-9-16(20)3/h7-15,22H,5-6H2,1-4H3,(H,28,31)(H,25,26,27). The fourth-order valence-electron chi connectivity index (χ4n) is 4.05. The van der Waals surface area contributed by atoms with E-state index in [2.05, 4.69) is 63.7 Å². The molecule has 0 bridgehead atoms. The Bertz CT molecular complexity index is 1110. The summed E-state index contributed by atoms with van der Waals surface area (Å²) < 4.78 is 1.77. The number of hydrogen-bond donors (Lipinski definition) is 2. The van der Waals surface area contributed by atoms with E-state index in [1.165, 1.54) is 6.33 Å². The monoisotopic (exact) mass is 416 g/mol. The van der Waals surface area contributed by atoms with E-state index >= 15 is 0 Å². The van der Waals surface area contributed by atoms with E-state index in [0.717, 1.165) is 41.3 Å². The lowest BCUT2D eigenvalue weighted by Crippen LogP contribution is -2.31. The third kappa shape index (κ3) is 3.91. The van der Waals surface area contributed by atoms with Crippen LogP contribution in [0.25, 0.3) is 0 Å². The van der Waals surface area contributed by atoms with Crippen molar-refractivity contribution in [2.24, 2.45) is 0 Å². The first-order valence-electron chi connectivity index (χ1n) is 10.6. The second kappa shape index (κ2) is 8.63. The van der Waals surface area contributed by atoms with Crippen molar-refractivity contribution >= 4 is 23.2 Å². The third-order valence-electron chi connectivity index (χ3n) is 5.77. The van der Waals surface area contributed by atoms with Crippen molar-refractivity contribution in [2.75, 3.05) is 28.6 Å². The van der Waals surface area contributed by atoms with Crippen LogP contribution in [0.2, 0.25) is 0 Å². The molecule has 2 aromatic carbocycles. The molecule has 7 heteroatoms. The number of aromatic nitrogens is 3. The Hall–Kier alpha value is -3.61. The molecule has 0 aliphatic carbocycles. The Morgan fingerprint density at radius 2 is 1.81 bits per heavy atom. The quantitative estimate of drug-likeness (QED) is 0.624. The van der Waals surface area contributed by atoms with Crippen molar-refractivity contribution in [1.82, 2.24) is 14.8 Å². The molecule has 0 radical (unpaired) electrons. The molecule has 0 spiro atoms. The molecule has 2 heterocycles. The van der Waals surface area contributed by atoms with E-state index in [4.69, 9.17) is 0 Å². The number of nitrogens with one attached hydrogen (secondary N) is 2. The molecule has 31 heavy (non-hydrogen) atoms. The van der Waals surface area contributed by atoms with Gasteiger partial charge in [-0.05, 0) is 57.0 Å². The average molecular weight is 417 g/mol. The lowest BCUT2D eigenvalue weighted by atomic mass is 9.94. The van der Waals surface area contributed by atoms with Gasteiger partial charge in [0.05, 0.1) is 5.57 Å². The Morgan fingerprint density at radius 3 is 2.48 bits per heavy atom. The van der Waals surface area contributed by atoms with E-state index < -0.39 is 0 Å². The summed E-state index contributed by atoms with van der Waals surface area (Å²) in [4.78, 5) is 20.0. The van der Waals surface area contributed by atoms with Crippen molar-refractivity contribution in [3.8, 4) is 0 Å². The predicted octanol–water partition coefficient (Wildman–Crippen LogP) is 4.36. The number of fused-ring (bicyclic) bond motifs is 1. The zero-order valence-corrected chi connectivity index (χ0v) is 18.4. The van der Waals surface area contributed by atoms with Gasteiger partial charge in [-0.15, -0.1) is 0 Å². The molecule has 2 N–H and O–H groups in total. The molecule has 160 valence electrons. The van der Waals surface area contributed by atoms with E-state index in [-0.39, 0.29) is 11.9 Å². The number of nitrogens with zero attached hydrogens (tertiary/aromatic N) is 4. The smallest absolute Gasteiger partial charge is 0.255 e. The minimum atomic E-state index is -0.367. The van der Waals surface area contributed by atoms with E-state index in [1.807, 2.05) is 38.1 Å². The largest absolute Gasteiger partial charge is 0.372 e. The van der Waals surface area contributed by atoms with Crippen molar-refractivity contribution in [3.63, 3.8) is 0 Å². The highest BCUT2D eigenvalue weighted by molar-refractivity contribution is 6.06. The van der Waals surface area contributed by atoms with Gasteiger partial charge in [0.15, 0.2) is 0 Å². The molecule has 4 rings (SSSR count).